The van der Waals surface area contributed by atoms with Crippen LogP contribution in [0.4, 0.5) is 5.69 Å². The molecule has 2 aromatic rings. The van der Waals surface area contributed by atoms with Gasteiger partial charge < -0.3 is 9.75 Å². The molecular weight excluding hydrogens is 272 g/mol. The summed E-state index contributed by atoms with van der Waals surface area (Å²) in [6, 6.07) is 10.5. The fourth-order valence-electron chi connectivity index (χ4n) is 2.69. The molecule has 2 aromatic carbocycles. The van der Waals surface area contributed by atoms with Gasteiger partial charge in [-0.3, -0.25) is 0 Å². The Morgan fingerprint density at radius 1 is 1.05 bits per heavy atom. The number of benzene rings is 2. The Balaban J connectivity index is 2.30. The Morgan fingerprint density at radius 2 is 1.73 bits per heavy atom. The number of aryl methyl sites for hydroxylation is 4. The third-order valence-corrected chi connectivity index (χ3v) is 4.17. The third-order valence-electron chi connectivity index (χ3n) is 4.17. The Morgan fingerprint density at radius 3 is 2.36 bits per heavy atom. The number of nitrogens with two attached hydrogens (primary N) is 1. The zero-order valence-electron chi connectivity index (χ0n) is 14.2. The lowest BCUT2D eigenvalue weighted by molar-refractivity contribution is 0.303. The molecule has 0 radical (unpaired) electrons. The van der Waals surface area contributed by atoms with E-state index in [1.54, 1.807) is 5.01 Å². The number of rotatable bonds is 5. The number of hydrogen-bond acceptors (Lipinski definition) is 3. The molecule has 3 nitrogen and oxygen atoms in total. The minimum absolute atomic E-state index is 0.532. The summed E-state index contributed by atoms with van der Waals surface area (Å²) in [4.78, 5) is 0. The molecule has 118 valence electrons. The highest BCUT2D eigenvalue weighted by Gasteiger charge is 2.11. The summed E-state index contributed by atoms with van der Waals surface area (Å²) in [5.74, 6) is 6.90. The zero-order valence-corrected chi connectivity index (χ0v) is 14.2. The second-order valence-electron chi connectivity index (χ2n) is 5.87. The molecule has 0 aliphatic heterocycles. The van der Waals surface area contributed by atoms with Crippen molar-refractivity contribution < 1.29 is 4.74 Å². The fourth-order valence-corrected chi connectivity index (χ4v) is 2.69. The topological polar surface area (TPSA) is 38.5 Å². The number of hydrazine groups is 1. The molecule has 3 heteroatoms. The van der Waals surface area contributed by atoms with Crippen molar-refractivity contribution in [3.8, 4) is 5.75 Å². The van der Waals surface area contributed by atoms with E-state index in [2.05, 4.69) is 45.9 Å². The Hall–Kier alpha value is -2.00. The van der Waals surface area contributed by atoms with E-state index < -0.39 is 0 Å². The van der Waals surface area contributed by atoms with Crippen LogP contribution in [-0.4, -0.2) is 7.05 Å². The summed E-state index contributed by atoms with van der Waals surface area (Å²) >= 11 is 0. The first-order chi connectivity index (χ1) is 10.4. The third kappa shape index (κ3) is 3.42. The number of ether oxygens (including phenoxy) is 1. The van der Waals surface area contributed by atoms with Gasteiger partial charge in [0.1, 0.15) is 12.4 Å². The zero-order chi connectivity index (χ0) is 16.3. The van der Waals surface area contributed by atoms with Gasteiger partial charge >= 0.3 is 0 Å². The predicted octanol–water partition coefficient (Wildman–Crippen LogP) is 4.06. The number of anilines is 1. The normalized spacial score (nSPS) is 10.6. The fraction of sp³-hybridized carbons (Fsp3) is 0.368. The first-order valence-electron chi connectivity index (χ1n) is 7.73. The second kappa shape index (κ2) is 6.84. The van der Waals surface area contributed by atoms with Crippen molar-refractivity contribution in [2.24, 2.45) is 5.84 Å². The highest BCUT2D eigenvalue weighted by Crippen LogP contribution is 2.27. The molecule has 0 amide bonds. The maximum atomic E-state index is 6.11. The highest BCUT2D eigenvalue weighted by molar-refractivity contribution is 5.55. The molecule has 0 bridgehead atoms. The Labute approximate surface area is 133 Å². The second-order valence-corrected chi connectivity index (χ2v) is 5.87. The lowest BCUT2D eigenvalue weighted by Gasteiger charge is -2.20. The van der Waals surface area contributed by atoms with E-state index in [9.17, 15) is 0 Å². The van der Waals surface area contributed by atoms with E-state index in [1.807, 2.05) is 19.2 Å². The van der Waals surface area contributed by atoms with Crippen molar-refractivity contribution >= 4 is 5.69 Å². The average Bonchev–Trinajstić information content (AvgIpc) is 2.49. The van der Waals surface area contributed by atoms with Crippen molar-refractivity contribution in [3.05, 3.63) is 58.1 Å². The van der Waals surface area contributed by atoms with Crippen LogP contribution in [0.2, 0.25) is 0 Å². The monoisotopic (exact) mass is 298 g/mol. The highest BCUT2D eigenvalue weighted by atomic mass is 16.5. The van der Waals surface area contributed by atoms with Crippen LogP contribution in [0.3, 0.4) is 0 Å². The molecule has 0 saturated heterocycles. The Bertz CT molecular complexity index is 663. The minimum atomic E-state index is 0.532. The van der Waals surface area contributed by atoms with Gasteiger partial charge in [0.15, 0.2) is 0 Å². The van der Waals surface area contributed by atoms with E-state index in [4.69, 9.17) is 10.6 Å². The molecular formula is C19H26N2O. The van der Waals surface area contributed by atoms with Crippen LogP contribution in [-0.2, 0) is 13.0 Å². The minimum Gasteiger partial charge on any atom is -0.489 e. The quantitative estimate of drug-likeness (QED) is 0.668. The lowest BCUT2D eigenvalue weighted by Crippen LogP contribution is -2.27. The van der Waals surface area contributed by atoms with Crippen molar-refractivity contribution in [2.75, 3.05) is 12.1 Å². The van der Waals surface area contributed by atoms with Gasteiger partial charge in [0.25, 0.3) is 0 Å². The van der Waals surface area contributed by atoms with Gasteiger partial charge in [-0.2, -0.15) is 0 Å². The van der Waals surface area contributed by atoms with Crippen LogP contribution in [0.25, 0.3) is 0 Å². The maximum absolute atomic E-state index is 6.11. The van der Waals surface area contributed by atoms with Crippen LogP contribution in [0.15, 0.2) is 30.3 Å². The average molecular weight is 298 g/mol. The molecule has 0 aliphatic rings. The molecule has 2 rings (SSSR count). The first kappa shape index (κ1) is 16.4. The smallest absolute Gasteiger partial charge is 0.123 e. The largest absolute Gasteiger partial charge is 0.489 e. The van der Waals surface area contributed by atoms with Crippen molar-refractivity contribution in [1.82, 2.24) is 0 Å². The van der Waals surface area contributed by atoms with Gasteiger partial charge in [0, 0.05) is 12.6 Å². The summed E-state index contributed by atoms with van der Waals surface area (Å²) in [6.07, 6.45) is 0.965. The number of nitrogens with zero attached hydrogens (tertiary/aromatic N) is 1. The van der Waals surface area contributed by atoms with Gasteiger partial charge in [-0.15, -0.1) is 0 Å². The van der Waals surface area contributed by atoms with Crippen molar-refractivity contribution in [2.45, 2.75) is 40.7 Å². The first-order valence-corrected chi connectivity index (χ1v) is 7.73. The van der Waals surface area contributed by atoms with Crippen LogP contribution in [0.5, 0.6) is 5.75 Å². The molecule has 0 fully saturated rings. The number of hydrogen-bond donors (Lipinski definition) is 1. The van der Waals surface area contributed by atoms with Crippen LogP contribution < -0.4 is 15.6 Å². The SMILES string of the molecule is CCc1cccc(N(C)N)c1COc1cc(C)c(C)cc1C. The molecule has 0 atom stereocenters. The summed E-state index contributed by atoms with van der Waals surface area (Å²) in [7, 11) is 1.86. The molecule has 2 N–H and O–H groups in total. The van der Waals surface area contributed by atoms with Gasteiger partial charge in [-0.05, 0) is 61.6 Å². The Kier molecular flexibility index (Phi) is 5.09. The molecule has 0 heterocycles. The van der Waals surface area contributed by atoms with E-state index in [-0.39, 0.29) is 0 Å². The molecule has 0 spiro atoms. The van der Waals surface area contributed by atoms with Crippen LogP contribution in [0.1, 0.15) is 34.7 Å². The van der Waals surface area contributed by atoms with Gasteiger partial charge in [0.05, 0.1) is 5.69 Å². The standard InChI is InChI=1S/C19H26N2O/c1-6-16-8-7-9-18(21(5)20)17(16)12-22-19-11-14(3)13(2)10-15(19)4/h7-11H,6,12,20H2,1-5H3. The van der Waals surface area contributed by atoms with E-state index in [1.165, 1.54) is 22.3 Å². The van der Waals surface area contributed by atoms with E-state index >= 15 is 0 Å². The maximum Gasteiger partial charge on any atom is 0.123 e. The molecule has 0 aromatic heterocycles. The molecule has 22 heavy (non-hydrogen) atoms. The van der Waals surface area contributed by atoms with E-state index in [0.717, 1.165) is 23.4 Å². The molecule has 0 saturated carbocycles. The lowest BCUT2D eigenvalue weighted by atomic mass is 10.0. The van der Waals surface area contributed by atoms with Crippen molar-refractivity contribution in [1.29, 1.82) is 0 Å². The van der Waals surface area contributed by atoms with Crippen LogP contribution >= 0.6 is 0 Å². The summed E-state index contributed by atoms with van der Waals surface area (Å²) < 4.78 is 6.11. The predicted molar refractivity (Wildman–Crippen MR) is 93.4 cm³/mol. The van der Waals surface area contributed by atoms with Gasteiger partial charge in [-0.25, -0.2) is 5.84 Å². The summed E-state index contributed by atoms with van der Waals surface area (Å²) in [6.45, 7) is 9.01. The molecule has 0 aliphatic carbocycles. The van der Waals surface area contributed by atoms with Crippen molar-refractivity contribution in [3.63, 3.8) is 0 Å². The molecule has 0 unspecified atom stereocenters. The van der Waals surface area contributed by atoms with Crippen LogP contribution in [0, 0.1) is 20.8 Å². The summed E-state index contributed by atoms with van der Waals surface area (Å²) in [5, 5.41) is 1.66. The van der Waals surface area contributed by atoms with Gasteiger partial charge in [0.2, 0.25) is 0 Å². The van der Waals surface area contributed by atoms with Gasteiger partial charge in [-0.1, -0.05) is 25.1 Å². The van der Waals surface area contributed by atoms with E-state index in [0.29, 0.717) is 6.61 Å². The summed E-state index contributed by atoms with van der Waals surface area (Å²) in [5.41, 5.74) is 7.16.